The van der Waals surface area contributed by atoms with Crippen LogP contribution in [0.1, 0.15) is 36.0 Å². The maximum atomic E-state index is 6.05. The molecule has 0 aliphatic carbocycles. The van der Waals surface area contributed by atoms with Gasteiger partial charge in [0.1, 0.15) is 11.3 Å². The first kappa shape index (κ1) is 14.4. The number of aryl methyl sites for hydroxylation is 1. The van der Waals surface area contributed by atoms with Gasteiger partial charge in [0.05, 0.1) is 0 Å². The van der Waals surface area contributed by atoms with Crippen LogP contribution in [0, 0.1) is 0 Å². The Hall–Kier alpha value is -1.58. The van der Waals surface area contributed by atoms with Gasteiger partial charge >= 0.3 is 0 Å². The molecular formula is C18H21NOS. The maximum Gasteiger partial charge on any atom is 0.134 e. The van der Waals surface area contributed by atoms with E-state index in [2.05, 4.69) is 48.0 Å². The molecule has 2 nitrogen and oxygen atoms in total. The first-order valence-electron chi connectivity index (χ1n) is 7.61. The quantitative estimate of drug-likeness (QED) is 0.654. The second-order valence-electron chi connectivity index (χ2n) is 5.29. The first-order valence-corrected chi connectivity index (χ1v) is 8.49. The van der Waals surface area contributed by atoms with Gasteiger partial charge in [0.15, 0.2) is 0 Å². The summed E-state index contributed by atoms with van der Waals surface area (Å²) in [6.07, 6.45) is 3.40. The maximum absolute atomic E-state index is 6.05. The van der Waals surface area contributed by atoms with Gasteiger partial charge in [-0.3, -0.25) is 0 Å². The van der Waals surface area contributed by atoms with Crippen molar-refractivity contribution in [1.29, 1.82) is 0 Å². The highest BCUT2D eigenvalue weighted by Gasteiger charge is 2.13. The molecule has 0 saturated carbocycles. The lowest BCUT2D eigenvalue weighted by Gasteiger charge is -2.05. The highest BCUT2D eigenvalue weighted by atomic mass is 32.1. The Morgan fingerprint density at radius 2 is 2.00 bits per heavy atom. The molecule has 3 rings (SSSR count). The van der Waals surface area contributed by atoms with Gasteiger partial charge in [-0.2, -0.15) is 0 Å². The summed E-state index contributed by atoms with van der Waals surface area (Å²) >= 11 is 1.80. The molecule has 0 spiro atoms. The van der Waals surface area contributed by atoms with Crippen LogP contribution >= 0.6 is 11.3 Å². The van der Waals surface area contributed by atoms with Gasteiger partial charge < -0.3 is 9.73 Å². The minimum atomic E-state index is 0.869. The van der Waals surface area contributed by atoms with Gasteiger partial charge in [-0.15, -0.1) is 11.3 Å². The van der Waals surface area contributed by atoms with E-state index < -0.39 is 0 Å². The summed E-state index contributed by atoms with van der Waals surface area (Å²) in [5, 5.41) is 6.92. The molecule has 0 bridgehead atoms. The summed E-state index contributed by atoms with van der Waals surface area (Å²) in [6, 6.07) is 12.6. The highest BCUT2D eigenvalue weighted by molar-refractivity contribution is 7.09. The Labute approximate surface area is 129 Å². The SMILES string of the molecule is CCCCc1oc2ccccc2c1CNCc1cccs1. The van der Waals surface area contributed by atoms with Crippen molar-refractivity contribution in [1.82, 2.24) is 5.32 Å². The van der Waals surface area contributed by atoms with Crippen molar-refractivity contribution in [2.45, 2.75) is 39.3 Å². The fourth-order valence-electron chi connectivity index (χ4n) is 2.61. The van der Waals surface area contributed by atoms with E-state index in [4.69, 9.17) is 4.42 Å². The molecule has 0 saturated heterocycles. The zero-order chi connectivity index (χ0) is 14.5. The lowest BCUT2D eigenvalue weighted by molar-refractivity contribution is 0.525. The van der Waals surface area contributed by atoms with Crippen molar-refractivity contribution >= 4 is 22.3 Å². The Bertz CT molecular complexity index is 684. The van der Waals surface area contributed by atoms with Gasteiger partial charge in [-0.25, -0.2) is 0 Å². The van der Waals surface area contributed by atoms with Crippen LogP contribution in [0.5, 0.6) is 0 Å². The number of furan rings is 1. The molecule has 1 aromatic carbocycles. The number of fused-ring (bicyclic) bond motifs is 1. The number of benzene rings is 1. The second kappa shape index (κ2) is 6.92. The Morgan fingerprint density at radius 3 is 2.81 bits per heavy atom. The third-order valence-electron chi connectivity index (χ3n) is 3.72. The number of hydrogen-bond donors (Lipinski definition) is 1. The summed E-state index contributed by atoms with van der Waals surface area (Å²) in [5.41, 5.74) is 2.34. The van der Waals surface area contributed by atoms with Crippen LogP contribution in [0.25, 0.3) is 11.0 Å². The van der Waals surface area contributed by atoms with E-state index in [-0.39, 0.29) is 0 Å². The van der Waals surface area contributed by atoms with Gasteiger partial charge in [-0.05, 0) is 23.9 Å². The van der Waals surface area contributed by atoms with Gasteiger partial charge in [0.2, 0.25) is 0 Å². The Morgan fingerprint density at radius 1 is 1.10 bits per heavy atom. The first-order chi connectivity index (χ1) is 10.4. The molecule has 0 fully saturated rings. The molecular weight excluding hydrogens is 278 g/mol. The van der Waals surface area contributed by atoms with E-state index in [1.165, 1.54) is 28.7 Å². The average Bonchev–Trinajstić information content (AvgIpc) is 3.13. The third kappa shape index (κ3) is 3.36. The van der Waals surface area contributed by atoms with Crippen LogP contribution in [0.15, 0.2) is 46.2 Å². The van der Waals surface area contributed by atoms with Gasteiger partial charge in [0.25, 0.3) is 0 Å². The Kier molecular flexibility index (Phi) is 4.73. The van der Waals surface area contributed by atoms with Crippen molar-refractivity contribution < 1.29 is 4.42 Å². The molecule has 110 valence electrons. The van der Waals surface area contributed by atoms with Crippen molar-refractivity contribution in [3.05, 3.63) is 58.0 Å². The van der Waals surface area contributed by atoms with Crippen LogP contribution < -0.4 is 5.32 Å². The summed E-state index contributed by atoms with van der Waals surface area (Å²) < 4.78 is 6.05. The lowest BCUT2D eigenvalue weighted by Crippen LogP contribution is -2.12. The zero-order valence-electron chi connectivity index (χ0n) is 12.4. The predicted octanol–water partition coefficient (Wildman–Crippen LogP) is 5.13. The predicted molar refractivity (Wildman–Crippen MR) is 89.7 cm³/mol. The Balaban J connectivity index is 1.77. The van der Waals surface area contributed by atoms with E-state index in [0.29, 0.717) is 0 Å². The van der Waals surface area contributed by atoms with Crippen LogP contribution in [-0.4, -0.2) is 0 Å². The van der Waals surface area contributed by atoms with Crippen LogP contribution in [0.2, 0.25) is 0 Å². The molecule has 3 aromatic rings. The minimum absolute atomic E-state index is 0.869. The van der Waals surface area contributed by atoms with E-state index in [9.17, 15) is 0 Å². The summed E-state index contributed by atoms with van der Waals surface area (Å²) in [6.45, 7) is 4.01. The molecule has 2 aromatic heterocycles. The molecule has 3 heteroatoms. The number of para-hydroxylation sites is 1. The molecule has 0 aliphatic rings. The molecule has 21 heavy (non-hydrogen) atoms. The number of hydrogen-bond acceptors (Lipinski definition) is 3. The fraction of sp³-hybridized carbons (Fsp3) is 0.333. The monoisotopic (exact) mass is 299 g/mol. The zero-order valence-corrected chi connectivity index (χ0v) is 13.2. The average molecular weight is 299 g/mol. The molecule has 0 atom stereocenters. The fourth-order valence-corrected chi connectivity index (χ4v) is 3.28. The summed E-state index contributed by atoms with van der Waals surface area (Å²) in [5.74, 6) is 1.15. The van der Waals surface area contributed by atoms with Crippen molar-refractivity contribution in [2.24, 2.45) is 0 Å². The standard InChI is InChI=1S/C18H21NOS/c1-2-3-9-18-16(13-19-12-14-7-6-11-21-14)15-8-4-5-10-17(15)20-18/h4-8,10-11,19H,2-3,9,12-13H2,1H3. The smallest absolute Gasteiger partial charge is 0.134 e. The van der Waals surface area contributed by atoms with E-state index in [1.54, 1.807) is 11.3 Å². The minimum Gasteiger partial charge on any atom is -0.461 e. The van der Waals surface area contributed by atoms with E-state index >= 15 is 0 Å². The van der Waals surface area contributed by atoms with Crippen LogP contribution in [0.3, 0.4) is 0 Å². The van der Waals surface area contributed by atoms with Crippen molar-refractivity contribution in [3.8, 4) is 0 Å². The number of unbranched alkanes of at least 4 members (excludes halogenated alkanes) is 1. The third-order valence-corrected chi connectivity index (χ3v) is 4.60. The molecule has 0 unspecified atom stereocenters. The van der Waals surface area contributed by atoms with Gasteiger partial charge in [0, 0.05) is 35.3 Å². The molecule has 0 amide bonds. The topological polar surface area (TPSA) is 25.2 Å². The molecule has 1 N–H and O–H groups in total. The largest absolute Gasteiger partial charge is 0.461 e. The van der Waals surface area contributed by atoms with Crippen LogP contribution in [0.4, 0.5) is 0 Å². The molecule has 0 aliphatic heterocycles. The number of rotatable bonds is 7. The van der Waals surface area contributed by atoms with Gasteiger partial charge in [-0.1, -0.05) is 37.6 Å². The van der Waals surface area contributed by atoms with Crippen molar-refractivity contribution in [3.63, 3.8) is 0 Å². The van der Waals surface area contributed by atoms with Crippen LogP contribution in [-0.2, 0) is 19.5 Å². The second-order valence-corrected chi connectivity index (χ2v) is 6.32. The molecule has 2 heterocycles. The summed E-state index contributed by atoms with van der Waals surface area (Å²) in [4.78, 5) is 1.37. The summed E-state index contributed by atoms with van der Waals surface area (Å²) in [7, 11) is 0. The van der Waals surface area contributed by atoms with E-state index in [1.807, 2.05) is 6.07 Å². The lowest BCUT2D eigenvalue weighted by atomic mass is 10.1. The number of thiophene rings is 1. The molecule has 0 radical (unpaired) electrons. The normalized spacial score (nSPS) is 11.3. The number of nitrogens with one attached hydrogen (secondary N) is 1. The van der Waals surface area contributed by atoms with E-state index in [0.717, 1.165) is 30.9 Å². The highest BCUT2D eigenvalue weighted by Crippen LogP contribution is 2.27. The van der Waals surface area contributed by atoms with Crippen molar-refractivity contribution in [2.75, 3.05) is 0 Å².